The lowest BCUT2D eigenvalue weighted by Crippen LogP contribution is -2.29. The van der Waals surface area contributed by atoms with Crippen LogP contribution in [0.5, 0.6) is 0 Å². The van der Waals surface area contributed by atoms with E-state index in [1.54, 1.807) is 18.2 Å². The van der Waals surface area contributed by atoms with Crippen molar-refractivity contribution in [3.05, 3.63) is 69.5 Å². The predicted molar refractivity (Wildman–Crippen MR) is 76.6 cm³/mol. The molecule has 0 aliphatic heterocycles. The highest BCUT2D eigenvalue weighted by Crippen LogP contribution is 2.26. The van der Waals surface area contributed by atoms with Gasteiger partial charge in [0.25, 0.3) is 0 Å². The second-order valence-corrected chi connectivity index (χ2v) is 5.06. The fraction of sp³-hybridized carbons (Fsp3) is 0.143. The van der Waals surface area contributed by atoms with Gasteiger partial charge >= 0.3 is 0 Å². The molecule has 5 heteroatoms. The Morgan fingerprint density at radius 1 is 1.16 bits per heavy atom. The van der Waals surface area contributed by atoms with Crippen LogP contribution >= 0.6 is 23.2 Å². The summed E-state index contributed by atoms with van der Waals surface area (Å²) in [6.45, 7) is 0. The van der Waals surface area contributed by atoms with Crippen molar-refractivity contribution in [3.8, 4) is 0 Å². The van der Waals surface area contributed by atoms with Gasteiger partial charge in [-0.1, -0.05) is 41.4 Å². The molecule has 2 nitrogen and oxygen atoms in total. The van der Waals surface area contributed by atoms with E-state index in [-0.39, 0.29) is 11.9 Å². The Balaban J connectivity index is 2.24. The summed E-state index contributed by atoms with van der Waals surface area (Å²) in [7, 11) is 0. The normalized spacial score (nSPS) is 12.4. The molecule has 0 aliphatic rings. The topological polar surface area (TPSA) is 38.0 Å². The lowest BCUT2D eigenvalue weighted by molar-refractivity contribution is 0.544. The van der Waals surface area contributed by atoms with E-state index in [4.69, 9.17) is 29.0 Å². The Morgan fingerprint density at radius 2 is 1.95 bits per heavy atom. The summed E-state index contributed by atoms with van der Waals surface area (Å²) in [5.41, 5.74) is 4.35. The first-order valence-electron chi connectivity index (χ1n) is 5.75. The molecule has 0 radical (unpaired) electrons. The second-order valence-electron chi connectivity index (χ2n) is 4.21. The molecule has 0 amide bonds. The molecule has 0 fully saturated rings. The first kappa shape index (κ1) is 14.3. The average molecular weight is 299 g/mol. The molecule has 0 spiro atoms. The standard InChI is InChI=1S/C14H13Cl2FN2/c15-11-5-4-9(13(16)8-11)7-14(19-18)10-2-1-3-12(17)6-10/h1-6,8,14,19H,7,18H2. The van der Waals surface area contributed by atoms with E-state index in [1.807, 2.05) is 12.1 Å². The maximum Gasteiger partial charge on any atom is 0.123 e. The smallest absolute Gasteiger partial charge is 0.123 e. The van der Waals surface area contributed by atoms with Crippen molar-refractivity contribution in [2.45, 2.75) is 12.5 Å². The maximum absolute atomic E-state index is 13.2. The van der Waals surface area contributed by atoms with E-state index in [0.29, 0.717) is 16.5 Å². The van der Waals surface area contributed by atoms with Crippen LogP contribution in [0, 0.1) is 5.82 Å². The van der Waals surface area contributed by atoms with Gasteiger partial charge in [0, 0.05) is 10.0 Å². The third kappa shape index (κ3) is 3.67. The van der Waals surface area contributed by atoms with E-state index in [2.05, 4.69) is 5.43 Å². The second kappa shape index (κ2) is 6.35. The Labute approximate surface area is 121 Å². The summed E-state index contributed by atoms with van der Waals surface area (Å²) in [4.78, 5) is 0. The summed E-state index contributed by atoms with van der Waals surface area (Å²) < 4.78 is 13.2. The quantitative estimate of drug-likeness (QED) is 0.664. The van der Waals surface area contributed by atoms with Gasteiger partial charge in [0.05, 0.1) is 6.04 Å². The number of hydrogen-bond donors (Lipinski definition) is 2. The van der Waals surface area contributed by atoms with Crippen molar-refractivity contribution in [3.63, 3.8) is 0 Å². The number of hydrazine groups is 1. The first-order chi connectivity index (χ1) is 9.10. The largest absolute Gasteiger partial charge is 0.271 e. The number of benzene rings is 2. The van der Waals surface area contributed by atoms with E-state index >= 15 is 0 Å². The molecule has 0 bridgehead atoms. The highest BCUT2D eigenvalue weighted by molar-refractivity contribution is 6.35. The minimum absolute atomic E-state index is 0.214. The number of halogens is 3. The van der Waals surface area contributed by atoms with E-state index in [1.165, 1.54) is 12.1 Å². The Hall–Kier alpha value is -1.13. The predicted octanol–water partition coefficient (Wildman–Crippen LogP) is 3.88. The van der Waals surface area contributed by atoms with Crippen LogP contribution in [-0.2, 0) is 6.42 Å². The van der Waals surface area contributed by atoms with Crippen LogP contribution in [0.1, 0.15) is 17.2 Å². The fourth-order valence-electron chi connectivity index (χ4n) is 1.90. The minimum Gasteiger partial charge on any atom is -0.271 e. The van der Waals surface area contributed by atoms with Crippen LogP contribution in [0.4, 0.5) is 4.39 Å². The zero-order valence-electron chi connectivity index (χ0n) is 10.0. The van der Waals surface area contributed by atoms with Crippen molar-refractivity contribution in [2.24, 2.45) is 5.84 Å². The van der Waals surface area contributed by atoms with Crippen LogP contribution in [0.15, 0.2) is 42.5 Å². The molecule has 2 aromatic rings. The maximum atomic E-state index is 13.2. The molecule has 2 rings (SSSR count). The van der Waals surface area contributed by atoms with Crippen molar-refractivity contribution >= 4 is 23.2 Å². The van der Waals surface area contributed by atoms with Crippen molar-refractivity contribution in [2.75, 3.05) is 0 Å². The summed E-state index contributed by atoms with van der Waals surface area (Å²) in [5, 5.41) is 1.15. The highest BCUT2D eigenvalue weighted by Gasteiger charge is 2.13. The zero-order valence-corrected chi connectivity index (χ0v) is 11.5. The van der Waals surface area contributed by atoms with Gasteiger partial charge in [-0.2, -0.15) is 0 Å². The zero-order chi connectivity index (χ0) is 13.8. The number of rotatable bonds is 4. The third-order valence-electron chi connectivity index (χ3n) is 2.89. The molecular weight excluding hydrogens is 286 g/mol. The first-order valence-corrected chi connectivity index (χ1v) is 6.51. The molecule has 0 aliphatic carbocycles. The number of nitrogens with two attached hydrogens (primary N) is 1. The molecule has 2 aromatic carbocycles. The van der Waals surface area contributed by atoms with E-state index in [9.17, 15) is 4.39 Å². The molecule has 0 heterocycles. The fourth-order valence-corrected chi connectivity index (χ4v) is 2.39. The number of nitrogens with one attached hydrogen (secondary N) is 1. The number of hydrogen-bond acceptors (Lipinski definition) is 2. The molecule has 19 heavy (non-hydrogen) atoms. The van der Waals surface area contributed by atoms with Gasteiger partial charge in [0.15, 0.2) is 0 Å². The summed E-state index contributed by atoms with van der Waals surface area (Å²) >= 11 is 12.0. The van der Waals surface area contributed by atoms with Crippen molar-refractivity contribution in [1.82, 2.24) is 5.43 Å². The van der Waals surface area contributed by atoms with Gasteiger partial charge in [-0.3, -0.25) is 11.3 Å². The van der Waals surface area contributed by atoms with Crippen LogP contribution in [0.25, 0.3) is 0 Å². The molecular formula is C14H13Cl2FN2. The van der Waals surface area contributed by atoms with Crippen molar-refractivity contribution in [1.29, 1.82) is 0 Å². The Kier molecular flexibility index (Phi) is 4.77. The van der Waals surface area contributed by atoms with Gasteiger partial charge in [-0.15, -0.1) is 0 Å². The molecule has 0 saturated carbocycles. The van der Waals surface area contributed by atoms with Gasteiger partial charge < -0.3 is 0 Å². The Bertz CT molecular complexity index is 575. The van der Waals surface area contributed by atoms with Gasteiger partial charge in [-0.25, -0.2) is 4.39 Å². The van der Waals surface area contributed by atoms with Gasteiger partial charge in [-0.05, 0) is 41.8 Å². The molecule has 1 unspecified atom stereocenters. The molecule has 3 N–H and O–H groups in total. The van der Waals surface area contributed by atoms with Crippen LogP contribution in [0.2, 0.25) is 10.0 Å². The molecule has 0 aromatic heterocycles. The van der Waals surface area contributed by atoms with Gasteiger partial charge in [0.2, 0.25) is 0 Å². The monoisotopic (exact) mass is 298 g/mol. The third-order valence-corrected chi connectivity index (χ3v) is 3.48. The molecule has 1 atom stereocenters. The molecule has 0 saturated heterocycles. The Morgan fingerprint density at radius 3 is 2.58 bits per heavy atom. The average Bonchev–Trinajstić information content (AvgIpc) is 2.38. The summed E-state index contributed by atoms with van der Waals surface area (Å²) in [5.74, 6) is 5.25. The van der Waals surface area contributed by atoms with Crippen LogP contribution in [-0.4, -0.2) is 0 Å². The lowest BCUT2D eigenvalue weighted by Gasteiger charge is -2.17. The molecule has 100 valence electrons. The van der Waals surface area contributed by atoms with Crippen molar-refractivity contribution < 1.29 is 4.39 Å². The lowest BCUT2D eigenvalue weighted by atomic mass is 9.99. The van der Waals surface area contributed by atoms with E-state index < -0.39 is 0 Å². The van der Waals surface area contributed by atoms with Gasteiger partial charge in [0.1, 0.15) is 5.82 Å². The highest BCUT2D eigenvalue weighted by atomic mass is 35.5. The van der Waals surface area contributed by atoms with Crippen LogP contribution < -0.4 is 11.3 Å². The van der Waals surface area contributed by atoms with Crippen LogP contribution in [0.3, 0.4) is 0 Å². The minimum atomic E-state index is -0.292. The summed E-state index contributed by atoms with van der Waals surface area (Å²) in [6.07, 6.45) is 0.552. The summed E-state index contributed by atoms with van der Waals surface area (Å²) in [6, 6.07) is 11.4. The SMILES string of the molecule is NNC(Cc1ccc(Cl)cc1Cl)c1cccc(F)c1. The van der Waals surface area contributed by atoms with E-state index in [0.717, 1.165) is 11.1 Å².